The van der Waals surface area contributed by atoms with Crippen LogP contribution in [0.5, 0.6) is 0 Å². The highest BCUT2D eigenvalue weighted by atomic mass is 16.5. The molecule has 156 valence electrons. The molecule has 1 saturated heterocycles. The first-order chi connectivity index (χ1) is 15.1. The van der Waals surface area contributed by atoms with E-state index in [4.69, 9.17) is 9.72 Å². The number of ether oxygens (including phenoxy) is 1. The summed E-state index contributed by atoms with van der Waals surface area (Å²) in [7, 11) is 0. The van der Waals surface area contributed by atoms with Crippen LogP contribution < -0.4 is 10.5 Å². The lowest BCUT2D eigenvalue weighted by Gasteiger charge is -2.21. The minimum absolute atomic E-state index is 0.256. The summed E-state index contributed by atoms with van der Waals surface area (Å²) in [6.45, 7) is 3.43. The largest absolute Gasteiger partial charge is 0.451 e. The Hall–Kier alpha value is -3.74. The molecule has 1 atom stereocenters. The zero-order valence-corrected chi connectivity index (χ0v) is 17.2. The van der Waals surface area contributed by atoms with E-state index in [1.807, 2.05) is 36.4 Å². The number of hydrogen-bond donors (Lipinski definition) is 1. The molecule has 2 aromatic heterocycles. The Bertz CT molecular complexity index is 1340. The number of carbonyl (C=O) groups is 1. The van der Waals surface area contributed by atoms with Crippen LogP contribution >= 0.6 is 0 Å². The fourth-order valence-corrected chi connectivity index (χ4v) is 4.00. The number of aromatic amines is 1. The molecule has 0 aliphatic carbocycles. The van der Waals surface area contributed by atoms with Crippen molar-refractivity contribution in [1.82, 2.24) is 15.0 Å². The molecule has 1 unspecified atom stereocenters. The molecule has 0 radical (unpaired) electrons. The van der Waals surface area contributed by atoms with E-state index in [9.17, 15) is 9.59 Å². The predicted molar refractivity (Wildman–Crippen MR) is 119 cm³/mol. The van der Waals surface area contributed by atoms with E-state index in [0.29, 0.717) is 28.1 Å². The van der Waals surface area contributed by atoms with Crippen molar-refractivity contribution in [3.63, 3.8) is 0 Å². The second-order valence-electron chi connectivity index (χ2n) is 7.76. The number of H-pyrrole nitrogens is 1. The second-order valence-corrected chi connectivity index (χ2v) is 7.76. The van der Waals surface area contributed by atoms with E-state index >= 15 is 0 Å². The van der Waals surface area contributed by atoms with Crippen molar-refractivity contribution in [3.05, 3.63) is 76.3 Å². The maximum Gasteiger partial charge on any atom is 0.342 e. The standard InChI is InChI=1S/C24H22N4O3/c1-15(21-25-20-11-5-3-9-17(20)23(29)27-21)31-24(30)18-14-16-8-2-4-10-19(16)26-22(18)28-12-6-7-13-28/h2-5,8-11,14-15H,6-7,12-13H2,1H3,(H,25,27,29). The highest BCUT2D eigenvalue weighted by molar-refractivity contribution is 5.99. The third-order valence-corrected chi connectivity index (χ3v) is 5.63. The van der Waals surface area contributed by atoms with Crippen molar-refractivity contribution >= 4 is 33.6 Å². The average molecular weight is 414 g/mol. The number of hydrogen-bond acceptors (Lipinski definition) is 6. The Kier molecular flexibility index (Phi) is 4.86. The Morgan fingerprint density at radius 2 is 1.74 bits per heavy atom. The van der Waals surface area contributed by atoms with Gasteiger partial charge in [0.1, 0.15) is 11.4 Å². The summed E-state index contributed by atoms with van der Waals surface area (Å²) in [5, 5.41) is 1.38. The van der Waals surface area contributed by atoms with Gasteiger partial charge in [-0.15, -0.1) is 0 Å². The van der Waals surface area contributed by atoms with E-state index < -0.39 is 12.1 Å². The highest BCUT2D eigenvalue weighted by Crippen LogP contribution is 2.28. The van der Waals surface area contributed by atoms with Gasteiger partial charge in [-0.25, -0.2) is 14.8 Å². The molecule has 0 saturated carbocycles. The number of carbonyl (C=O) groups excluding carboxylic acids is 1. The maximum atomic E-state index is 13.2. The molecule has 1 N–H and O–H groups in total. The SMILES string of the molecule is CC(OC(=O)c1cc2ccccc2nc1N1CCCC1)c1nc2ccccc2c(=O)[nH]1. The number of pyridine rings is 1. The van der Waals surface area contributed by atoms with Gasteiger partial charge < -0.3 is 14.6 Å². The number of para-hydroxylation sites is 2. The smallest absolute Gasteiger partial charge is 0.342 e. The van der Waals surface area contributed by atoms with Crippen LogP contribution in [0, 0.1) is 0 Å². The van der Waals surface area contributed by atoms with Crippen molar-refractivity contribution < 1.29 is 9.53 Å². The van der Waals surface area contributed by atoms with Gasteiger partial charge in [0, 0.05) is 18.5 Å². The van der Waals surface area contributed by atoms with Crippen molar-refractivity contribution in [2.24, 2.45) is 0 Å². The summed E-state index contributed by atoms with van der Waals surface area (Å²) in [6, 6.07) is 16.6. The fraction of sp³-hybridized carbons (Fsp3) is 0.250. The predicted octanol–water partition coefficient (Wildman–Crippen LogP) is 3.99. The van der Waals surface area contributed by atoms with Gasteiger partial charge in [-0.05, 0) is 44.0 Å². The van der Waals surface area contributed by atoms with Crippen molar-refractivity contribution in [3.8, 4) is 0 Å². The zero-order valence-electron chi connectivity index (χ0n) is 17.2. The van der Waals surface area contributed by atoms with Gasteiger partial charge >= 0.3 is 5.97 Å². The van der Waals surface area contributed by atoms with E-state index in [1.54, 1.807) is 25.1 Å². The second kappa shape index (κ2) is 7.83. The molecule has 5 rings (SSSR count). The summed E-state index contributed by atoms with van der Waals surface area (Å²) in [4.78, 5) is 39.7. The summed E-state index contributed by atoms with van der Waals surface area (Å²) >= 11 is 0. The first-order valence-corrected chi connectivity index (χ1v) is 10.4. The number of aromatic nitrogens is 3. The molecule has 0 bridgehead atoms. The molecule has 0 amide bonds. The first-order valence-electron chi connectivity index (χ1n) is 10.4. The van der Waals surface area contributed by atoms with Crippen molar-refractivity contribution in [2.75, 3.05) is 18.0 Å². The minimum atomic E-state index is -0.720. The van der Waals surface area contributed by atoms with Gasteiger partial charge in [0.25, 0.3) is 5.56 Å². The fourth-order valence-electron chi connectivity index (χ4n) is 4.00. The van der Waals surface area contributed by atoms with Gasteiger partial charge in [-0.1, -0.05) is 30.3 Å². The van der Waals surface area contributed by atoms with Crippen LogP contribution in [0.3, 0.4) is 0 Å². The van der Waals surface area contributed by atoms with Gasteiger partial charge in [0.15, 0.2) is 11.9 Å². The Labute approximate surface area is 178 Å². The molecule has 4 aromatic rings. The van der Waals surface area contributed by atoms with Gasteiger partial charge in [-0.3, -0.25) is 4.79 Å². The van der Waals surface area contributed by atoms with Crippen LogP contribution in [-0.4, -0.2) is 34.0 Å². The molecule has 0 spiro atoms. The van der Waals surface area contributed by atoms with Gasteiger partial charge in [-0.2, -0.15) is 0 Å². The third kappa shape index (κ3) is 3.63. The minimum Gasteiger partial charge on any atom is -0.451 e. The van der Waals surface area contributed by atoms with E-state index in [2.05, 4.69) is 14.9 Å². The van der Waals surface area contributed by atoms with Crippen LogP contribution in [0.15, 0.2) is 59.4 Å². The number of benzene rings is 2. The molecule has 2 aromatic carbocycles. The van der Waals surface area contributed by atoms with Gasteiger partial charge in [0.2, 0.25) is 0 Å². The molecule has 7 heteroatoms. The topological polar surface area (TPSA) is 88.2 Å². The summed E-state index contributed by atoms with van der Waals surface area (Å²) in [6.07, 6.45) is 1.42. The average Bonchev–Trinajstić information content (AvgIpc) is 3.33. The van der Waals surface area contributed by atoms with Crippen LogP contribution in [0.4, 0.5) is 5.82 Å². The van der Waals surface area contributed by atoms with Crippen LogP contribution in [0.25, 0.3) is 21.8 Å². The normalized spacial score (nSPS) is 14.8. The van der Waals surface area contributed by atoms with E-state index in [1.165, 1.54) is 0 Å². The highest BCUT2D eigenvalue weighted by Gasteiger charge is 2.25. The van der Waals surface area contributed by atoms with Crippen LogP contribution in [-0.2, 0) is 4.74 Å². The molecular formula is C24H22N4O3. The lowest BCUT2D eigenvalue weighted by atomic mass is 10.1. The summed E-state index contributed by atoms with van der Waals surface area (Å²) in [5.41, 5.74) is 1.58. The number of anilines is 1. The zero-order chi connectivity index (χ0) is 21.4. The number of fused-ring (bicyclic) bond motifs is 2. The van der Waals surface area contributed by atoms with E-state index in [0.717, 1.165) is 36.8 Å². The Morgan fingerprint density at radius 3 is 2.55 bits per heavy atom. The molecule has 7 nitrogen and oxygen atoms in total. The quantitative estimate of drug-likeness (QED) is 0.508. The lowest BCUT2D eigenvalue weighted by molar-refractivity contribution is 0.0320. The Morgan fingerprint density at radius 1 is 1.03 bits per heavy atom. The number of nitrogens with zero attached hydrogens (tertiary/aromatic N) is 3. The summed E-state index contributed by atoms with van der Waals surface area (Å²) < 4.78 is 5.74. The first kappa shape index (κ1) is 19.2. The third-order valence-electron chi connectivity index (χ3n) is 5.63. The molecular weight excluding hydrogens is 392 g/mol. The van der Waals surface area contributed by atoms with Crippen molar-refractivity contribution in [2.45, 2.75) is 25.9 Å². The molecule has 1 aliphatic rings. The number of esters is 1. The van der Waals surface area contributed by atoms with Gasteiger partial charge in [0.05, 0.1) is 16.4 Å². The molecule has 1 fully saturated rings. The number of rotatable bonds is 4. The molecule has 3 heterocycles. The monoisotopic (exact) mass is 414 g/mol. The van der Waals surface area contributed by atoms with Crippen LogP contribution in [0.1, 0.15) is 42.1 Å². The molecule has 1 aliphatic heterocycles. The maximum absolute atomic E-state index is 13.2. The van der Waals surface area contributed by atoms with Crippen LogP contribution in [0.2, 0.25) is 0 Å². The van der Waals surface area contributed by atoms with Crippen molar-refractivity contribution in [1.29, 1.82) is 0 Å². The van der Waals surface area contributed by atoms with E-state index in [-0.39, 0.29) is 5.56 Å². The molecule has 31 heavy (non-hydrogen) atoms. The number of nitrogens with one attached hydrogen (secondary N) is 1. The summed E-state index contributed by atoms with van der Waals surface area (Å²) in [5.74, 6) is 0.477. The Balaban J connectivity index is 1.50. The lowest BCUT2D eigenvalue weighted by Crippen LogP contribution is -2.24.